The predicted octanol–water partition coefficient (Wildman–Crippen LogP) is 1.39. The predicted molar refractivity (Wildman–Crippen MR) is 51.4 cm³/mol. The third-order valence-electron chi connectivity index (χ3n) is 1.34. The van der Waals surface area contributed by atoms with Crippen molar-refractivity contribution in [3.8, 4) is 0 Å². The average Bonchev–Trinajstić information content (AvgIpc) is 2.13. The number of nitrogens with one attached hydrogen (secondary N) is 1. The molecule has 0 radical (unpaired) electrons. The van der Waals surface area contributed by atoms with E-state index in [2.05, 4.69) is 0 Å². The molecule has 0 bridgehead atoms. The molecule has 0 saturated carbocycles. The summed E-state index contributed by atoms with van der Waals surface area (Å²) in [6.45, 7) is 0. The molecule has 0 spiro atoms. The summed E-state index contributed by atoms with van der Waals surface area (Å²) >= 11 is 0. The molecule has 2 unspecified atom stereocenters. The van der Waals surface area contributed by atoms with Gasteiger partial charge < -0.3 is 0 Å². The third-order valence-corrected chi connectivity index (χ3v) is 4.66. The van der Waals surface area contributed by atoms with Crippen molar-refractivity contribution in [2.24, 2.45) is 0 Å². The highest BCUT2D eigenvalue weighted by Crippen LogP contribution is 2.13. The van der Waals surface area contributed by atoms with E-state index in [4.69, 9.17) is 0 Å². The second kappa shape index (κ2) is 6.38. The maximum atomic E-state index is 12.7. The van der Waals surface area contributed by atoms with Gasteiger partial charge in [0.05, 0.1) is 0 Å². The molecule has 0 amide bonds. The van der Waals surface area contributed by atoms with Crippen LogP contribution in [0.25, 0.3) is 0 Å². The molecule has 0 aliphatic rings. The zero-order valence-electron chi connectivity index (χ0n) is 8.53. The van der Waals surface area contributed by atoms with Crippen LogP contribution in [0, 0.1) is 0 Å². The van der Waals surface area contributed by atoms with Crippen LogP contribution in [0.2, 0.25) is 0 Å². The van der Waals surface area contributed by atoms with E-state index in [1.54, 1.807) is 0 Å². The minimum Gasteiger partial charge on any atom is -0.224 e. The molecule has 0 rings (SSSR count). The van der Waals surface area contributed by atoms with Gasteiger partial charge in [0.15, 0.2) is 0 Å². The number of halogens is 6. The number of sulfonamides is 2. The van der Waals surface area contributed by atoms with Gasteiger partial charge in [0, 0.05) is 12.2 Å². The van der Waals surface area contributed by atoms with Gasteiger partial charge in [0.25, 0.3) is 32.2 Å². The van der Waals surface area contributed by atoms with Crippen molar-refractivity contribution in [2.75, 3.05) is 0 Å². The quantitative estimate of drug-likeness (QED) is 0.745. The first-order valence-electron chi connectivity index (χ1n) is 3.98. The summed E-state index contributed by atoms with van der Waals surface area (Å²) in [7, 11) is -11.1. The minimum atomic E-state index is -5.57. The molecular weight excluding hydrogens is 328 g/mol. The van der Waals surface area contributed by atoms with Crippen LogP contribution in [0.1, 0.15) is 0 Å². The Morgan fingerprint density at radius 1 is 0.789 bits per heavy atom. The summed E-state index contributed by atoms with van der Waals surface area (Å²) < 4.78 is 116. The van der Waals surface area contributed by atoms with E-state index in [1.807, 2.05) is 0 Å². The fraction of sp³-hybridized carbons (Fsp3) is 0.333. The van der Waals surface area contributed by atoms with Crippen LogP contribution in [0.4, 0.5) is 26.3 Å². The van der Waals surface area contributed by atoms with Crippen molar-refractivity contribution in [2.45, 2.75) is 11.0 Å². The molecule has 0 aromatic heterocycles. The van der Waals surface area contributed by atoms with Crippen molar-refractivity contribution < 1.29 is 43.2 Å². The van der Waals surface area contributed by atoms with Gasteiger partial charge in [-0.15, -0.1) is 4.13 Å². The first kappa shape index (κ1) is 17.9. The second-order valence-corrected chi connectivity index (χ2v) is 6.54. The monoisotopic (exact) mass is 333 g/mol. The Bertz CT molecular complexity index is 523. The summed E-state index contributed by atoms with van der Waals surface area (Å²) in [6, 6.07) is 0. The molecular formula is C6H5F6NO4S2. The molecule has 0 aliphatic carbocycles. The van der Waals surface area contributed by atoms with Gasteiger partial charge >= 0.3 is 0 Å². The normalized spacial score (nSPS) is 15.5. The SMILES string of the molecule is O=S(=O)(NS(=O)(=O)C(F)C=C(F)F)C(F)C=C(F)F. The maximum Gasteiger partial charge on any atom is 0.270 e. The van der Waals surface area contributed by atoms with Crippen LogP contribution in [0.5, 0.6) is 0 Å². The molecule has 0 heterocycles. The Morgan fingerprint density at radius 3 is 1.26 bits per heavy atom. The largest absolute Gasteiger partial charge is 0.270 e. The Hall–Kier alpha value is -1.08. The molecule has 112 valence electrons. The Balaban J connectivity index is 5.24. The molecule has 0 aromatic carbocycles. The Morgan fingerprint density at radius 2 is 1.05 bits per heavy atom. The topological polar surface area (TPSA) is 80.3 Å². The zero-order valence-corrected chi connectivity index (χ0v) is 10.2. The lowest BCUT2D eigenvalue weighted by atomic mass is 10.7. The van der Waals surface area contributed by atoms with Gasteiger partial charge in [0.2, 0.25) is 11.0 Å². The summed E-state index contributed by atoms with van der Waals surface area (Å²) in [5, 5.41) is 0. The number of alkyl halides is 2. The lowest BCUT2D eigenvalue weighted by Gasteiger charge is -2.09. The molecule has 0 aromatic rings. The lowest BCUT2D eigenvalue weighted by Crippen LogP contribution is -2.39. The average molecular weight is 333 g/mol. The maximum absolute atomic E-state index is 12.7. The highest BCUT2D eigenvalue weighted by atomic mass is 32.3. The number of rotatable bonds is 6. The molecule has 2 atom stereocenters. The van der Waals surface area contributed by atoms with Gasteiger partial charge in [-0.05, 0) is 0 Å². The Labute approximate surface area is 103 Å². The van der Waals surface area contributed by atoms with Crippen molar-refractivity contribution >= 4 is 20.0 Å². The first-order chi connectivity index (χ1) is 8.38. The van der Waals surface area contributed by atoms with Gasteiger partial charge in [-0.3, -0.25) is 0 Å². The third kappa shape index (κ3) is 6.07. The summed E-state index contributed by atoms with van der Waals surface area (Å²) in [6.07, 6.45) is -7.09. The molecule has 5 nitrogen and oxygen atoms in total. The van der Waals surface area contributed by atoms with E-state index in [9.17, 15) is 43.2 Å². The molecule has 13 heteroatoms. The lowest BCUT2D eigenvalue weighted by molar-refractivity contribution is 0.394. The number of hydrogen-bond donors (Lipinski definition) is 1. The van der Waals surface area contributed by atoms with Gasteiger partial charge in [-0.2, -0.15) is 17.6 Å². The molecule has 1 N–H and O–H groups in total. The van der Waals surface area contributed by atoms with E-state index in [1.165, 1.54) is 0 Å². The van der Waals surface area contributed by atoms with Gasteiger partial charge in [0.1, 0.15) is 0 Å². The fourth-order valence-electron chi connectivity index (χ4n) is 0.631. The van der Waals surface area contributed by atoms with Crippen molar-refractivity contribution in [3.05, 3.63) is 24.3 Å². The summed E-state index contributed by atoms with van der Waals surface area (Å²) in [5.41, 5.74) is -7.00. The minimum absolute atomic E-state index is 0.381. The zero-order chi connectivity index (χ0) is 15.4. The smallest absolute Gasteiger partial charge is 0.224 e. The first-order valence-corrected chi connectivity index (χ1v) is 7.08. The molecule has 0 fully saturated rings. The van der Waals surface area contributed by atoms with Crippen LogP contribution in [0.3, 0.4) is 0 Å². The molecule has 0 saturated heterocycles. The Kier molecular flexibility index (Phi) is 6.02. The van der Waals surface area contributed by atoms with Crippen molar-refractivity contribution in [1.29, 1.82) is 0 Å². The second-order valence-electron chi connectivity index (χ2n) is 2.79. The summed E-state index contributed by atoms with van der Waals surface area (Å²) in [4.78, 5) is 0. The van der Waals surface area contributed by atoms with Crippen LogP contribution in [-0.2, 0) is 20.0 Å². The number of hydrogen-bond acceptors (Lipinski definition) is 4. The van der Waals surface area contributed by atoms with Crippen molar-refractivity contribution in [3.63, 3.8) is 0 Å². The molecule has 19 heavy (non-hydrogen) atoms. The van der Waals surface area contributed by atoms with E-state index < -0.39 is 55.4 Å². The highest BCUT2D eigenvalue weighted by Gasteiger charge is 2.34. The standard InChI is InChI=1S/C6H5F6NO4S2/c7-3(8)1-5(11)18(14,15)13-19(16,17)6(12)2-4(9)10/h1-2,5-6,13H. The van der Waals surface area contributed by atoms with Crippen molar-refractivity contribution in [1.82, 2.24) is 4.13 Å². The summed E-state index contributed by atoms with van der Waals surface area (Å²) in [5.74, 6) is 0. The van der Waals surface area contributed by atoms with Crippen LogP contribution < -0.4 is 4.13 Å². The fourth-order valence-corrected chi connectivity index (χ4v) is 3.23. The van der Waals surface area contributed by atoms with E-state index >= 15 is 0 Å². The van der Waals surface area contributed by atoms with Gasteiger partial charge in [-0.1, -0.05) is 0 Å². The van der Waals surface area contributed by atoms with E-state index in [0.29, 0.717) is 4.13 Å². The van der Waals surface area contributed by atoms with Gasteiger partial charge in [-0.25, -0.2) is 25.6 Å². The van der Waals surface area contributed by atoms with E-state index in [0.717, 1.165) is 0 Å². The molecule has 0 aliphatic heterocycles. The van der Waals surface area contributed by atoms with Crippen LogP contribution >= 0.6 is 0 Å². The van der Waals surface area contributed by atoms with Crippen LogP contribution in [0.15, 0.2) is 24.3 Å². The highest BCUT2D eigenvalue weighted by molar-refractivity contribution is 8.05. The van der Waals surface area contributed by atoms with E-state index in [-0.39, 0.29) is 0 Å². The van der Waals surface area contributed by atoms with Crippen LogP contribution in [-0.4, -0.2) is 27.8 Å².